The fraction of sp³-hybridized carbons (Fsp3) is 0.235. The van der Waals surface area contributed by atoms with E-state index in [2.05, 4.69) is 5.32 Å². The molecule has 2 rings (SSSR count). The Hall–Kier alpha value is -2.10. The topological polar surface area (TPSA) is 83.5 Å². The first-order valence-corrected chi connectivity index (χ1v) is 9.54. The van der Waals surface area contributed by atoms with Crippen molar-refractivity contribution in [3.63, 3.8) is 0 Å². The van der Waals surface area contributed by atoms with E-state index in [1.807, 2.05) is 0 Å². The number of carbonyl (C=O) groups is 1. The fourth-order valence-electron chi connectivity index (χ4n) is 2.17. The molecule has 2 N–H and O–H groups in total. The number of hydrogen-bond acceptors (Lipinski definition) is 4. The minimum Gasteiger partial charge on any atom is -0.379 e. The summed E-state index contributed by atoms with van der Waals surface area (Å²) in [4.78, 5) is 12.1. The Labute approximate surface area is 158 Å². The summed E-state index contributed by atoms with van der Waals surface area (Å²) in [7, 11) is -4.02. The molecule has 0 saturated heterocycles. The molecule has 0 saturated carbocycles. The van der Waals surface area contributed by atoms with E-state index in [0.29, 0.717) is 5.02 Å². The normalized spacial score (nSPS) is 14.4. The zero-order valence-corrected chi connectivity index (χ0v) is 15.5. The number of carbonyl (C=O) groups excluding carboxylic acids is 1. The number of aliphatic hydroxyl groups is 1. The number of amides is 1. The Balaban J connectivity index is 2.13. The van der Waals surface area contributed by atoms with E-state index in [-0.39, 0.29) is 10.6 Å². The van der Waals surface area contributed by atoms with Crippen molar-refractivity contribution in [3.8, 4) is 0 Å². The summed E-state index contributed by atoms with van der Waals surface area (Å²) in [6.07, 6.45) is -4.53. The van der Waals surface area contributed by atoms with Gasteiger partial charge in [0.1, 0.15) is 0 Å². The Morgan fingerprint density at radius 2 is 1.59 bits per heavy atom. The number of anilines is 1. The lowest BCUT2D eigenvalue weighted by molar-refractivity contribution is -0.137. The Bertz CT molecular complexity index is 924. The molecule has 5 nitrogen and oxygen atoms in total. The van der Waals surface area contributed by atoms with Crippen LogP contribution in [0.3, 0.4) is 0 Å². The summed E-state index contributed by atoms with van der Waals surface area (Å²) < 4.78 is 62.3. The first kappa shape index (κ1) is 21.2. The predicted molar refractivity (Wildman–Crippen MR) is 94.2 cm³/mol. The van der Waals surface area contributed by atoms with Crippen molar-refractivity contribution in [2.24, 2.45) is 0 Å². The Morgan fingerprint density at radius 1 is 1.07 bits per heavy atom. The molecule has 146 valence electrons. The van der Waals surface area contributed by atoms with E-state index in [1.54, 1.807) is 0 Å². The quantitative estimate of drug-likeness (QED) is 0.773. The van der Waals surface area contributed by atoms with Gasteiger partial charge in [0.2, 0.25) is 0 Å². The second-order valence-electron chi connectivity index (χ2n) is 6.02. The van der Waals surface area contributed by atoms with Crippen LogP contribution < -0.4 is 5.32 Å². The molecule has 0 aliphatic rings. The SMILES string of the molecule is C[C@](O)(CS(=O)(=O)c1ccc(Cl)cc1)C(=O)Nc1ccc(C(F)(F)F)cc1. The molecule has 0 unspecified atom stereocenters. The number of alkyl halides is 3. The van der Waals surface area contributed by atoms with E-state index in [1.165, 1.54) is 24.3 Å². The maximum atomic E-state index is 12.5. The summed E-state index contributed by atoms with van der Waals surface area (Å²) in [5.74, 6) is -1.99. The highest BCUT2D eigenvalue weighted by Gasteiger charge is 2.37. The molecular formula is C17H15ClF3NO4S. The van der Waals surface area contributed by atoms with Crippen LogP contribution in [0.2, 0.25) is 5.02 Å². The maximum absolute atomic E-state index is 12.5. The van der Waals surface area contributed by atoms with Gasteiger partial charge in [0.25, 0.3) is 5.91 Å². The number of benzene rings is 2. The van der Waals surface area contributed by atoms with E-state index < -0.39 is 38.8 Å². The molecular weight excluding hydrogens is 407 g/mol. The molecule has 0 aliphatic heterocycles. The van der Waals surface area contributed by atoms with E-state index in [4.69, 9.17) is 11.6 Å². The van der Waals surface area contributed by atoms with E-state index in [9.17, 15) is 31.5 Å². The maximum Gasteiger partial charge on any atom is 0.416 e. The third-order valence-corrected chi connectivity index (χ3v) is 5.79. The second-order valence-corrected chi connectivity index (χ2v) is 8.44. The van der Waals surface area contributed by atoms with Crippen molar-refractivity contribution in [1.29, 1.82) is 0 Å². The van der Waals surface area contributed by atoms with Crippen LogP contribution in [0.15, 0.2) is 53.4 Å². The molecule has 0 aliphatic carbocycles. The first-order valence-electron chi connectivity index (χ1n) is 7.51. The molecule has 0 radical (unpaired) electrons. The molecule has 0 bridgehead atoms. The number of sulfone groups is 1. The average Bonchev–Trinajstić information content (AvgIpc) is 2.54. The van der Waals surface area contributed by atoms with Gasteiger partial charge in [-0.15, -0.1) is 0 Å². The van der Waals surface area contributed by atoms with Crippen LogP contribution in [-0.4, -0.2) is 30.8 Å². The Kier molecular flexibility index (Phi) is 5.88. The van der Waals surface area contributed by atoms with Gasteiger partial charge < -0.3 is 10.4 Å². The zero-order chi connectivity index (χ0) is 20.5. The fourth-order valence-corrected chi connectivity index (χ4v) is 3.88. The van der Waals surface area contributed by atoms with Crippen LogP contribution in [0, 0.1) is 0 Å². The lowest BCUT2D eigenvalue weighted by atomic mass is 10.1. The lowest BCUT2D eigenvalue weighted by Gasteiger charge is -2.22. The minimum atomic E-state index is -4.53. The standard InChI is InChI=1S/C17H15ClF3NO4S/c1-16(24,10-27(25,26)14-8-4-12(18)5-9-14)15(23)22-13-6-2-11(3-7-13)17(19,20)21/h2-9,24H,10H2,1H3,(H,22,23)/t16-/m0/s1. The first-order chi connectivity index (χ1) is 12.3. The van der Waals surface area contributed by atoms with Crippen LogP contribution in [0.4, 0.5) is 18.9 Å². The van der Waals surface area contributed by atoms with Crippen molar-refractivity contribution in [1.82, 2.24) is 0 Å². The number of hydrogen-bond donors (Lipinski definition) is 2. The van der Waals surface area contributed by atoms with Crippen molar-refractivity contribution in [3.05, 3.63) is 59.1 Å². The summed E-state index contributed by atoms with van der Waals surface area (Å²) in [6.45, 7) is 1.000. The summed E-state index contributed by atoms with van der Waals surface area (Å²) in [6, 6.07) is 8.71. The smallest absolute Gasteiger partial charge is 0.379 e. The average molecular weight is 422 g/mol. The van der Waals surface area contributed by atoms with Crippen LogP contribution in [0.25, 0.3) is 0 Å². The molecule has 2 aromatic carbocycles. The number of rotatable bonds is 5. The highest BCUT2D eigenvalue weighted by atomic mass is 35.5. The zero-order valence-electron chi connectivity index (χ0n) is 13.9. The molecule has 1 atom stereocenters. The van der Waals surface area contributed by atoms with Gasteiger partial charge in [0.15, 0.2) is 15.4 Å². The van der Waals surface area contributed by atoms with Crippen LogP contribution in [-0.2, 0) is 20.8 Å². The minimum absolute atomic E-state index is 0.0165. The molecule has 0 heterocycles. The summed E-state index contributed by atoms with van der Waals surface area (Å²) in [5, 5.41) is 12.8. The van der Waals surface area contributed by atoms with Crippen molar-refractivity contribution < 1.29 is 31.5 Å². The molecule has 10 heteroatoms. The number of halogens is 4. The highest BCUT2D eigenvalue weighted by molar-refractivity contribution is 7.91. The van der Waals surface area contributed by atoms with E-state index >= 15 is 0 Å². The van der Waals surface area contributed by atoms with Gasteiger partial charge in [-0.25, -0.2) is 8.42 Å². The monoisotopic (exact) mass is 421 g/mol. The third kappa shape index (κ3) is 5.44. The van der Waals surface area contributed by atoms with Gasteiger partial charge in [0.05, 0.1) is 16.2 Å². The molecule has 1 amide bonds. The summed E-state index contributed by atoms with van der Waals surface area (Å²) >= 11 is 5.70. The predicted octanol–water partition coefficient (Wildman–Crippen LogP) is 3.52. The van der Waals surface area contributed by atoms with Gasteiger partial charge in [-0.2, -0.15) is 13.2 Å². The molecule has 2 aromatic rings. The van der Waals surface area contributed by atoms with E-state index in [0.717, 1.165) is 31.2 Å². The number of nitrogens with one attached hydrogen (secondary N) is 1. The van der Waals surface area contributed by atoms with Gasteiger partial charge in [-0.1, -0.05) is 11.6 Å². The van der Waals surface area contributed by atoms with Gasteiger partial charge in [-0.05, 0) is 55.5 Å². The summed E-state index contributed by atoms with van der Waals surface area (Å²) in [5.41, 5.74) is -3.24. The van der Waals surface area contributed by atoms with Crippen molar-refractivity contribution >= 4 is 33.0 Å². The van der Waals surface area contributed by atoms with Crippen LogP contribution in [0.5, 0.6) is 0 Å². The Morgan fingerprint density at radius 3 is 2.07 bits per heavy atom. The van der Waals surface area contributed by atoms with Crippen LogP contribution in [0.1, 0.15) is 12.5 Å². The second kappa shape index (κ2) is 7.49. The molecule has 0 aromatic heterocycles. The van der Waals surface area contributed by atoms with Crippen molar-refractivity contribution in [2.45, 2.75) is 23.6 Å². The molecule has 0 fully saturated rings. The van der Waals surface area contributed by atoms with Gasteiger partial charge in [0, 0.05) is 10.7 Å². The van der Waals surface area contributed by atoms with Crippen molar-refractivity contribution in [2.75, 3.05) is 11.1 Å². The van der Waals surface area contributed by atoms with Gasteiger partial charge in [-0.3, -0.25) is 4.79 Å². The third-order valence-electron chi connectivity index (χ3n) is 3.60. The largest absolute Gasteiger partial charge is 0.416 e. The molecule has 0 spiro atoms. The molecule has 27 heavy (non-hydrogen) atoms. The van der Waals surface area contributed by atoms with Gasteiger partial charge >= 0.3 is 6.18 Å². The lowest BCUT2D eigenvalue weighted by Crippen LogP contribution is -2.45. The highest BCUT2D eigenvalue weighted by Crippen LogP contribution is 2.30. The van der Waals surface area contributed by atoms with Crippen LogP contribution >= 0.6 is 11.6 Å².